The summed E-state index contributed by atoms with van der Waals surface area (Å²) >= 11 is 6.27. The summed E-state index contributed by atoms with van der Waals surface area (Å²) in [6, 6.07) is 13.6. The van der Waals surface area contributed by atoms with Gasteiger partial charge in [-0.15, -0.1) is 0 Å². The van der Waals surface area contributed by atoms with Gasteiger partial charge in [-0.25, -0.2) is 13.4 Å². The van der Waals surface area contributed by atoms with Gasteiger partial charge in [-0.05, 0) is 36.4 Å². The zero-order valence-electron chi connectivity index (χ0n) is 13.6. The second-order valence-electron chi connectivity index (χ2n) is 5.62. The molecule has 0 atom stereocenters. The maximum absolute atomic E-state index is 11.8. The Morgan fingerprint density at radius 1 is 1.08 bits per heavy atom. The number of carbonyl (C=O) groups is 1. The molecule has 5 nitrogen and oxygen atoms in total. The first-order chi connectivity index (χ1) is 11.8. The third-order valence-electron chi connectivity index (χ3n) is 3.72. The normalized spacial score (nSPS) is 11.5. The Kier molecular flexibility index (Phi) is 4.49. The summed E-state index contributed by atoms with van der Waals surface area (Å²) in [4.78, 5) is 16.4. The Hall–Kier alpha value is -2.44. The third-order valence-corrected chi connectivity index (χ3v) is 5.18. The third kappa shape index (κ3) is 3.50. The molecule has 0 fully saturated rings. The number of halogens is 1. The highest BCUT2D eigenvalue weighted by molar-refractivity contribution is 7.90. The topological polar surface area (TPSA) is 69.0 Å². The lowest BCUT2D eigenvalue weighted by Crippen LogP contribution is -2.00. The van der Waals surface area contributed by atoms with Crippen LogP contribution in [0.5, 0.6) is 0 Å². The van der Waals surface area contributed by atoms with E-state index in [2.05, 4.69) is 4.98 Å². The molecule has 0 N–H and O–H groups in total. The summed E-state index contributed by atoms with van der Waals surface area (Å²) < 4.78 is 25.0. The first-order valence-corrected chi connectivity index (χ1v) is 9.70. The van der Waals surface area contributed by atoms with Gasteiger partial charge in [0.25, 0.3) is 0 Å². The van der Waals surface area contributed by atoms with Crippen molar-refractivity contribution in [2.24, 2.45) is 0 Å². The number of nitrogens with zero attached hydrogens (tertiary/aromatic N) is 2. The van der Waals surface area contributed by atoms with E-state index >= 15 is 0 Å². The molecule has 0 radical (unpaired) electrons. The molecule has 0 spiro atoms. The summed E-state index contributed by atoms with van der Waals surface area (Å²) in [7, 11) is -3.28. The van der Waals surface area contributed by atoms with Crippen molar-refractivity contribution in [3.8, 4) is 17.1 Å². The fraction of sp³-hybridized carbons (Fsp3) is 0.111. The standard InChI is InChI=1S/C18H15ClN2O3S/c1-12(22)17-11-21(13-7-9-14(10-8-13)25(2,23)24)18(20-17)15-5-3-4-6-16(15)19/h3-11H,1-2H3. The average molecular weight is 375 g/mol. The van der Waals surface area contributed by atoms with E-state index in [0.717, 1.165) is 6.26 Å². The fourth-order valence-corrected chi connectivity index (χ4v) is 3.28. The molecule has 0 saturated carbocycles. The maximum atomic E-state index is 11.8. The highest BCUT2D eigenvalue weighted by Gasteiger charge is 2.17. The lowest BCUT2D eigenvalue weighted by molar-refractivity contribution is 0.101. The van der Waals surface area contributed by atoms with E-state index in [1.807, 2.05) is 18.2 Å². The Bertz CT molecular complexity index is 1050. The summed E-state index contributed by atoms with van der Waals surface area (Å²) in [5.41, 5.74) is 1.67. The summed E-state index contributed by atoms with van der Waals surface area (Å²) in [6.07, 6.45) is 2.78. The lowest BCUT2D eigenvalue weighted by atomic mass is 10.2. The van der Waals surface area contributed by atoms with E-state index in [0.29, 0.717) is 27.8 Å². The molecular formula is C18H15ClN2O3S. The van der Waals surface area contributed by atoms with Crippen molar-refractivity contribution in [1.29, 1.82) is 0 Å². The molecule has 0 saturated heterocycles. The molecule has 3 aromatic rings. The van der Waals surface area contributed by atoms with Crippen molar-refractivity contribution < 1.29 is 13.2 Å². The van der Waals surface area contributed by atoms with Gasteiger partial charge in [-0.2, -0.15) is 0 Å². The quantitative estimate of drug-likeness (QED) is 0.651. The molecule has 0 aliphatic heterocycles. The van der Waals surface area contributed by atoms with E-state index < -0.39 is 9.84 Å². The van der Waals surface area contributed by atoms with Crippen LogP contribution in [-0.2, 0) is 9.84 Å². The van der Waals surface area contributed by atoms with Gasteiger partial charge >= 0.3 is 0 Å². The molecule has 3 rings (SSSR count). The molecule has 0 bridgehead atoms. The number of aromatic nitrogens is 2. The monoisotopic (exact) mass is 374 g/mol. The smallest absolute Gasteiger partial charge is 0.179 e. The number of Topliss-reactive ketones (excluding diaryl/α,β-unsaturated/α-hetero) is 1. The minimum atomic E-state index is -3.28. The zero-order chi connectivity index (χ0) is 18.2. The number of imidazole rings is 1. The van der Waals surface area contributed by atoms with Crippen LogP contribution in [0.25, 0.3) is 17.1 Å². The second kappa shape index (κ2) is 6.46. The van der Waals surface area contributed by atoms with Gasteiger partial charge in [-0.3, -0.25) is 9.36 Å². The molecule has 1 aromatic heterocycles. The number of hydrogen-bond acceptors (Lipinski definition) is 4. The molecule has 2 aromatic carbocycles. The largest absolute Gasteiger partial charge is 0.299 e. The van der Waals surface area contributed by atoms with Crippen LogP contribution in [0.3, 0.4) is 0 Å². The molecular weight excluding hydrogens is 360 g/mol. The van der Waals surface area contributed by atoms with Crippen molar-refractivity contribution >= 4 is 27.2 Å². The highest BCUT2D eigenvalue weighted by Crippen LogP contribution is 2.29. The number of ketones is 1. The summed E-state index contributed by atoms with van der Waals surface area (Å²) in [5.74, 6) is 0.350. The molecule has 0 aliphatic rings. The first-order valence-electron chi connectivity index (χ1n) is 7.43. The van der Waals surface area contributed by atoms with Gasteiger partial charge in [0.2, 0.25) is 0 Å². The molecule has 128 valence electrons. The number of benzene rings is 2. The van der Waals surface area contributed by atoms with Gasteiger partial charge in [0.05, 0.1) is 9.92 Å². The molecule has 1 heterocycles. The predicted molar refractivity (Wildman–Crippen MR) is 97.1 cm³/mol. The van der Waals surface area contributed by atoms with Crippen LogP contribution in [0, 0.1) is 0 Å². The Morgan fingerprint density at radius 3 is 2.28 bits per heavy atom. The van der Waals surface area contributed by atoms with E-state index in [4.69, 9.17) is 11.6 Å². The number of sulfone groups is 1. The van der Waals surface area contributed by atoms with E-state index in [9.17, 15) is 13.2 Å². The van der Waals surface area contributed by atoms with Crippen LogP contribution in [0.2, 0.25) is 5.02 Å². The van der Waals surface area contributed by atoms with Crippen LogP contribution in [0.1, 0.15) is 17.4 Å². The molecule has 0 aliphatic carbocycles. The Labute approximate surface area is 150 Å². The van der Waals surface area contributed by atoms with Crippen molar-refractivity contribution in [2.75, 3.05) is 6.26 Å². The number of rotatable bonds is 4. The predicted octanol–water partition coefficient (Wildman–Crippen LogP) is 3.80. The van der Waals surface area contributed by atoms with Gasteiger partial charge in [0.1, 0.15) is 11.5 Å². The molecule has 0 amide bonds. The van der Waals surface area contributed by atoms with Crippen LogP contribution in [0.4, 0.5) is 0 Å². The second-order valence-corrected chi connectivity index (χ2v) is 8.04. The minimum Gasteiger partial charge on any atom is -0.299 e. The van der Waals surface area contributed by atoms with Gasteiger partial charge in [-0.1, -0.05) is 23.7 Å². The Balaban J connectivity index is 2.19. The SMILES string of the molecule is CC(=O)c1cn(-c2ccc(S(C)(=O)=O)cc2)c(-c2ccccc2Cl)n1. The van der Waals surface area contributed by atoms with Crippen molar-refractivity contribution in [2.45, 2.75) is 11.8 Å². The van der Waals surface area contributed by atoms with Crippen molar-refractivity contribution in [3.05, 3.63) is 65.4 Å². The van der Waals surface area contributed by atoms with Crippen LogP contribution < -0.4 is 0 Å². The van der Waals surface area contributed by atoms with Crippen molar-refractivity contribution in [3.63, 3.8) is 0 Å². The molecule has 25 heavy (non-hydrogen) atoms. The zero-order valence-corrected chi connectivity index (χ0v) is 15.2. The average Bonchev–Trinajstić information content (AvgIpc) is 3.00. The van der Waals surface area contributed by atoms with E-state index in [-0.39, 0.29) is 10.7 Å². The Morgan fingerprint density at radius 2 is 1.72 bits per heavy atom. The summed E-state index contributed by atoms with van der Waals surface area (Å²) in [6.45, 7) is 1.44. The van der Waals surface area contributed by atoms with E-state index in [1.54, 1.807) is 29.0 Å². The van der Waals surface area contributed by atoms with Gasteiger partial charge < -0.3 is 0 Å². The van der Waals surface area contributed by atoms with Crippen molar-refractivity contribution in [1.82, 2.24) is 9.55 Å². The molecule has 0 unspecified atom stereocenters. The van der Waals surface area contributed by atoms with Gasteiger partial charge in [0, 0.05) is 30.6 Å². The fourth-order valence-electron chi connectivity index (χ4n) is 2.43. The van der Waals surface area contributed by atoms with Gasteiger partial charge in [0.15, 0.2) is 15.6 Å². The number of hydrogen-bond donors (Lipinski definition) is 0. The summed E-state index contributed by atoms with van der Waals surface area (Å²) in [5, 5.41) is 0.511. The highest BCUT2D eigenvalue weighted by atomic mass is 35.5. The first kappa shape index (κ1) is 17.4. The minimum absolute atomic E-state index is 0.167. The van der Waals surface area contributed by atoms with Crippen LogP contribution in [0.15, 0.2) is 59.6 Å². The molecule has 7 heteroatoms. The number of carbonyl (C=O) groups excluding carboxylic acids is 1. The lowest BCUT2D eigenvalue weighted by Gasteiger charge is -2.09. The maximum Gasteiger partial charge on any atom is 0.179 e. The van der Waals surface area contributed by atoms with Crippen LogP contribution >= 0.6 is 11.6 Å². The van der Waals surface area contributed by atoms with Crippen LogP contribution in [-0.4, -0.2) is 30.0 Å². The van der Waals surface area contributed by atoms with E-state index in [1.165, 1.54) is 19.1 Å².